The summed E-state index contributed by atoms with van der Waals surface area (Å²) in [7, 11) is 8.86. The fourth-order valence-electron chi connectivity index (χ4n) is 4.77. The van der Waals surface area contributed by atoms with Crippen LogP contribution in [0.5, 0.6) is 0 Å². The van der Waals surface area contributed by atoms with Gasteiger partial charge in [-0.15, -0.1) is 0 Å². The van der Waals surface area contributed by atoms with E-state index in [1.807, 2.05) is 0 Å². The molecule has 2 aliphatic heterocycles. The van der Waals surface area contributed by atoms with Gasteiger partial charge >= 0.3 is 23.1 Å². The number of ether oxygens (including phenoxy) is 9. The molecule has 2 heterocycles. The number of nitrogens with zero attached hydrogens (tertiary/aromatic N) is 3. The third-order valence-electron chi connectivity index (χ3n) is 7.70. The minimum Gasteiger partial charge on any atom is -1.00 e. The first-order valence-electron chi connectivity index (χ1n) is 19.9. The second kappa shape index (κ2) is 46.6. The molecule has 2 atom stereocenters. The fraction of sp³-hybridized carbons (Fsp3) is 0.488. The maximum atomic E-state index is 10.5. The molecular weight excluding hydrogens is 1080 g/mol. The van der Waals surface area contributed by atoms with Crippen LogP contribution in [0.3, 0.4) is 0 Å². The number of aldehydes is 2. The molecular formula is C41H56BrCl2MgN3O21S. The SMILES string of the molecule is COCOCC=O.O=CCOCC1OCCO1.O=S(Cl)Cl.O=[N+]([O-])c1ccc(CC(O)COCC2OCCO2)cc1.O=[N+]([O-])c1ccc(CC(O)COCCO)cc1.[Br-].[CH2-]c1ccc([N+](=O)[O-])cc1.[Mg+2]. The van der Waals surface area contributed by atoms with E-state index in [9.17, 15) is 50.1 Å². The van der Waals surface area contributed by atoms with Crippen molar-refractivity contribution in [2.45, 2.75) is 37.6 Å². The standard InChI is InChI=1S/C13H17NO6.C11H15NO5.C7H6NO2.C6H10O4.C4H8O3.BrH.Cl2OS.Mg/c15-12(8-18-9-13-19-5-6-20-13)7-10-1-3-11(4-2-10)14(16)17;13-5-6-17-8-11(14)7-9-1-3-10(4-2-9)12(15)16;1-6-2-4-7(5-3-6)8(9)10;7-1-2-8-5-6-9-3-4-10-6;1-6-4-7-3-2-5;;1-4(2)3;/h1-4,12-13,15H,5-9H2;1-4,11,13-14H,5-8H2;2-5H,1H2;1,6H,2-5H2;2H,3-4H2,1H3;1H;;/q;;-1;;;;;+2/p-1. The average molecular weight is 1130 g/mol. The summed E-state index contributed by atoms with van der Waals surface area (Å²) in [5, 5.41) is 58.9. The number of nitro benzene ring substituents is 3. The Balaban J connectivity index is -0.000000814. The monoisotopic (exact) mass is 1130 g/mol. The van der Waals surface area contributed by atoms with Gasteiger partial charge in [0, 0.05) is 65.6 Å². The maximum absolute atomic E-state index is 10.5. The molecule has 24 nitrogen and oxygen atoms in total. The van der Waals surface area contributed by atoms with E-state index in [4.69, 9.17) is 42.5 Å². The molecule has 390 valence electrons. The Kier molecular flexibility index (Phi) is 47.2. The van der Waals surface area contributed by atoms with Gasteiger partial charge in [-0.25, -0.2) is 4.21 Å². The van der Waals surface area contributed by atoms with Gasteiger partial charge in [-0.1, -0.05) is 24.3 Å². The molecule has 0 bridgehead atoms. The van der Waals surface area contributed by atoms with E-state index in [2.05, 4.69) is 37.8 Å². The number of rotatable bonds is 23. The van der Waals surface area contributed by atoms with Crippen molar-refractivity contribution < 1.29 is 104 Å². The van der Waals surface area contributed by atoms with Crippen LogP contribution in [0.2, 0.25) is 0 Å². The van der Waals surface area contributed by atoms with Crippen LogP contribution in [0, 0.1) is 37.3 Å². The Morgan fingerprint density at radius 3 is 1.37 bits per heavy atom. The van der Waals surface area contributed by atoms with Crippen molar-refractivity contribution in [1.82, 2.24) is 0 Å². The van der Waals surface area contributed by atoms with Crippen molar-refractivity contribution in [2.24, 2.45) is 0 Å². The number of halogens is 3. The minimum absolute atomic E-state index is 0. The van der Waals surface area contributed by atoms with Crippen LogP contribution in [0.15, 0.2) is 72.8 Å². The zero-order valence-corrected chi connectivity index (χ0v) is 43.3. The van der Waals surface area contributed by atoms with Crippen LogP contribution in [0.1, 0.15) is 16.7 Å². The van der Waals surface area contributed by atoms with Gasteiger partial charge in [0.2, 0.25) is 14.9 Å². The largest absolute Gasteiger partial charge is 2.00 e. The topological polar surface area (TPSA) is 324 Å². The molecule has 2 saturated heterocycles. The summed E-state index contributed by atoms with van der Waals surface area (Å²) in [6, 6.07) is 18.2. The van der Waals surface area contributed by atoms with Crippen molar-refractivity contribution >= 4 is 83.3 Å². The Hall–Kier alpha value is -3.43. The van der Waals surface area contributed by atoms with E-state index in [1.54, 1.807) is 36.4 Å². The normalized spacial score (nSPS) is 13.4. The molecule has 29 heteroatoms. The number of aliphatic hydroxyl groups excluding tert-OH is 3. The van der Waals surface area contributed by atoms with Crippen LogP contribution in [-0.4, -0.2) is 188 Å². The predicted octanol–water partition coefficient (Wildman–Crippen LogP) is 0.218. The summed E-state index contributed by atoms with van der Waals surface area (Å²) in [6.45, 7) is 7.45. The Bertz CT molecular complexity index is 1820. The van der Waals surface area contributed by atoms with Gasteiger partial charge in [0.25, 0.3) is 11.4 Å². The molecule has 0 aromatic heterocycles. The predicted molar refractivity (Wildman–Crippen MR) is 250 cm³/mol. The molecule has 2 unspecified atom stereocenters. The van der Waals surface area contributed by atoms with Crippen molar-refractivity contribution in [3.8, 4) is 0 Å². The van der Waals surface area contributed by atoms with E-state index in [-0.39, 0.29) is 123 Å². The van der Waals surface area contributed by atoms with Crippen molar-refractivity contribution in [1.29, 1.82) is 0 Å². The van der Waals surface area contributed by atoms with Crippen molar-refractivity contribution in [3.63, 3.8) is 0 Å². The molecule has 0 aliphatic carbocycles. The van der Waals surface area contributed by atoms with Gasteiger partial charge in [-0.05, 0) is 23.3 Å². The smallest absolute Gasteiger partial charge is 1.00 e. The van der Waals surface area contributed by atoms with Crippen molar-refractivity contribution in [3.05, 3.63) is 127 Å². The van der Waals surface area contributed by atoms with Crippen LogP contribution in [-0.2, 0) is 74.3 Å². The summed E-state index contributed by atoms with van der Waals surface area (Å²) in [4.78, 5) is 49.0. The molecule has 5 rings (SSSR count). The van der Waals surface area contributed by atoms with E-state index in [0.29, 0.717) is 58.4 Å². The molecule has 70 heavy (non-hydrogen) atoms. The summed E-state index contributed by atoms with van der Waals surface area (Å²) in [5.74, 6) is 0. The van der Waals surface area contributed by atoms with Gasteiger partial charge in [-0.3, -0.25) is 30.3 Å². The Labute approximate surface area is 441 Å². The van der Waals surface area contributed by atoms with Crippen LogP contribution >= 0.6 is 21.4 Å². The summed E-state index contributed by atoms with van der Waals surface area (Å²) in [6.07, 6.45) is 0.171. The first-order chi connectivity index (χ1) is 32.6. The second-order valence-electron chi connectivity index (χ2n) is 13.0. The fourth-order valence-corrected chi connectivity index (χ4v) is 4.77. The van der Waals surface area contributed by atoms with Gasteiger partial charge in [0.05, 0.1) is 93.0 Å². The molecule has 0 saturated carbocycles. The molecule has 0 spiro atoms. The van der Waals surface area contributed by atoms with Crippen LogP contribution in [0.25, 0.3) is 0 Å². The number of benzene rings is 3. The third-order valence-corrected chi connectivity index (χ3v) is 7.70. The summed E-state index contributed by atoms with van der Waals surface area (Å²) in [5.41, 5.74) is 2.57. The van der Waals surface area contributed by atoms with Gasteiger partial charge in [0.15, 0.2) is 12.6 Å². The van der Waals surface area contributed by atoms with Gasteiger partial charge in [-0.2, -0.15) is 24.6 Å². The quantitative estimate of drug-likeness (QED) is 0.0167. The second-order valence-corrected chi connectivity index (χ2v) is 15.5. The van der Waals surface area contributed by atoms with E-state index in [1.165, 1.54) is 43.5 Å². The van der Waals surface area contributed by atoms with E-state index in [0.717, 1.165) is 16.7 Å². The number of hydrogen-bond donors (Lipinski definition) is 3. The average Bonchev–Trinajstić information content (AvgIpc) is 4.04. The van der Waals surface area contributed by atoms with Gasteiger partial charge < -0.3 is 84.5 Å². The molecule has 3 N–H and O–H groups in total. The van der Waals surface area contributed by atoms with Crippen LogP contribution < -0.4 is 17.0 Å². The first kappa shape index (κ1) is 70.8. The molecule has 2 fully saturated rings. The zero-order valence-electron chi connectivity index (χ0n) is 38.0. The third kappa shape index (κ3) is 40.2. The molecule has 2 aliphatic rings. The summed E-state index contributed by atoms with van der Waals surface area (Å²) < 4.78 is 53.7. The molecule has 0 amide bonds. The number of aliphatic hydroxyl groups is 3. The summed E-state index contributed by atoms with van der Waals surface area (Å²) >= 11 is 0. The number of carbonyl (C=O) groups excluding carboxylic acids is 2. The Morgan fingerprint density at radius 1 is 0.686 bits per heavy atom. The number of non-ortho nitro benzene ring substituents is 3. The van der Waals surface area contributed by atoms with E-state index < -0.39 is 36.2 Å². The molecule has 3 aromatic rings. The maximum Gasteiger partial charge on any atom is 2.00 e. The molecule has 0 radical (unpaired) electrons. The van der Waals surface area contributed by atoms with Crippen LogP contribution in [0.4, 0.5) is 17.1 Å². The number of carbonyl (C=O) groups is 2. The number of hydrogen-bond acceptors (Lipinski definition) is 21. The number of nitro groups is 3. The van der Waals surface area contributed by atoms with Crippen molar-refractivity contribution in [2.75, 3.05) is 93.2 Å². The molecule has 3 aromatic carbocycles. The first-order valence-corrected chi connectivity index (χ1v) is 22.7. The Morgan fingerprint density at radius 2 is 1.03 bits per heavy atom. The zero-order chi connectivity index (χ0) is 51.0. The van der Waals surface area contributed by atoms with E-state index >= 15 is 0 Å². The minimum atomic E-state index is -1.67. The van der Waals surface area contributed by atoms with Gasteiger partial charge in [0.1, 0.15) is 32.6 Å². The number of methoxy groups -OCH3 is 1.